The quantitative estimate of drug-likeness (QED) is 0.839. The van der Waals surface area contributed by atoms with Gasteiger partial charge in [-0.25, -0.2) is 0 Å². The molecule has 5 heteroatoms. The van der Waals surface area contributed by atoms with E-state index in [1.54, 1.807) is 24.3 Å². The van der Waals surface area contributed by atoms with Crippen LogP contribution >= 0.6 is 27.5 Å². The zero-order valence-electron chi connectivity index (χ0n) is 9.99. The van der Waals surface area contributed by atoms with E-state index >= 15 is 0 Å². The summed E-state index contributed by atoms with van der Waals surface area (Å²) in [7, 11) is 0. The van der Waals surface area contributed by atoms with Crippen LogP contribution in [0.1, 0.15) is 15.9 Å². The lowest BCUT2D eigenvalue weighted by Gasteiger charge is -2.08. The number of benzene rings is 2. The molecule has 0 saturated carbocycles. The molecule has 0 unspecified atom stereocenters. The largest absolute Gasteiger partial charge is 0.399 e. The predicted octanol–water partition coefficient (Wildman–Crippen LogP) is 3.61. The van der Waals surface area contributed by atoms with E-state index in [1.807, 2.05) is 18.2 Å². The SMILES string of the molecule is Nc1cc(Br)cc(C(=O)NCc2ccccc2Cl)c1. The number of rotatable bonds is 3. The van der Waals surface area contributed by atoms with Gasteiger partial charge < -0.3 is 11.1 Å². The van der Waals surface area contributed by atoms with Gasteiger partial charge in [-0.2, -0.15) is 0 Å². The maximum Gasteiger partial charge on any atom is 0.251 e. The van der Waals surface area contributed by atoms with Gasteiger partial charge in [0.2, 0.25) is 0 Å². The highest BCUT2D eigenvalue weighted by atomic mass is 79.9. The maximum atomic E-state index is 12.0. The van der Waals surface area contributed by atoms with Crippen LogP contribution in [0.5, 0.6) is 0 Å². The van der Waals surface area contributed by atoms with Crippen LogP contribution in [0, 0.1) is 0 Å². The van der Waals surface area contributed by atoms with Crippen LogP contribution in [0.25, 0.3) is 0 Å². The van der Waals surface area contributed by atoms with E-state index in [-0.39, 0.29) is 5.91 Å². The minimum Gasteiger partial charge on any atom is -0.399 e. The van der Waals surface area contributed by atoms with Crippen molar-refractivity contribution in [3.05, 3.63) is 63.1 Å². The first kappa shape index (κ1) is 13.9. The standard InChI is InChI=1S/C14H12BrClN2O/c15-11-5-10(6-12(17)7-11)14(19)18-8-9-3-1-2-4-13(9)16/h1-7H,8,17H2,(H,18,19). The van der Waals surface area contributed by atoms with E-state index in [0.29, 0.717) is 22.8 Å². The first-order chi connectivity index (χ1) is 9.06. The van der Waals surface area contributed by atoms with Crippen molar-refractivity contribution in [3.63, 3.8) is 0 Å². The maximum absolute atomic E-state index is 12.0. The van der Waals surface area contributed by atoms with E-state index < -0.39 is 0 Å². The average molecular weight is 340 g/mol. The van der Waals surface area contributed by atoms with Gasteiger partial charge in [0.15, 0.2) is 0 Å². The van der Waals surface area contributed by atoms with Crippen LogP contribution in [0.4, 0.5) is 5.69 Å². The number of nitrogens with one attached hydrogen (secondary N) is 1. The Morgan fingerprint density at radius 3 is 2.68 bits per heavy atom. The Kier molecular flexibility index (Phi) is 4.45. The van der Waals surface area contributed by atoms with Crippen LogP contribution in [0.15, 0.2) is 46.9 Å². The number of nitrogen functional groups attached to an aromatic ring is 1. The van der Waals surface area contributed by atoms with E-state index in [9.17, 15) is 4.79 Å². The summed E-state index contributed by atoms with van der Waals surface area (Å²) < 4.78 is 0.774. The van der Waals surface area contributed by atoms with Crippen molar-refractivity contribution in [3.8, 4) is 0 Å². The molecule has 3 nitrogen and oxygen atoms in total. The van der Waals surface area contributed by atoms with Crippen LogP contribution in [-0.2, 0) is 6.54 Å². The molecule has 3 N–H and O–H groups in total. The lowest BCUT2D eigenvalue weighted by atomic mass is 10.1. The molecule has 0 saturated heterocycles. The van der Waals surface area contributed by atoms with E-state index in [0.717, 1.165) is 10.0 Å². The average Bonchev–Trinajstić information content (AvgIpc) is 2.36. The molecule has 1 amide bonds. The number of anilines is 1. The summed E-state index contributed by atoms with van der Waals surface area (Å²) in [4.78, 5) is 12.0. The van der Waals surface area contributed by atoms with Crippen molar-refractivity contribution < 1.29 is 4.79 Å². The molecule has 0 aliphatic rings. The van der Waals surface area contributed by atoms with Crippen molar-refractivity contribution >= 4 is 39.1 Å². The van der Waals surface area contributed by atoms with Crippen LogP contribution in [0.2, 0.25) is 5.02 Å². The van der Waals surface area contributed by atoms with Crippen LogP contribution in [-0.4, -0.2) is 5.91 Å². The fourth-order valence-electron chi connectivity index (χ4n) is 1.66. The Morgan fingerprint density at radius 1 is 1.26 bits per heavy atom. The summed E-state index contributed by atoms with van der Waals surface area (Å²) in [5, 5.41) is 3.45. The summed E-state index contributed by atoms with van der Waals surface area (Å²) in [6, 6.07) is 12.5. The highest BCUT2D eigenvalue weighted by Crippen LogP contribution is 2.18. The number of halogens is 2. The molecule has 2 aromatic carbocycles. The van der Waals surface area contributed by atoms with Gasteiger partial charge in [0, 0.05) is 27.3 Å². The monoisotopic (exact) mass is 338 g/mol. The first-order valence-electron chi connectivity index (χ1n) is 5.64. The summed E-state index contributed by atoms with van der Waals surface area (Å²) >= 11 is 9.33. The Morgan fingerprint density at radius 2 is 2.00 bits per heavy atom. The second-order valence-electron chi connectivity index (χ2n) is 4.05. The Bertz CT molecular complexity index is 596. The van der Waals surface area contributed by atoms with Gasteiger partial charge in [-0.15, -0.1) is 0 Å². The normalized spacial score (nSPS) is 10.2. The zero-order chi connectivity index (χ0) is 13.8. The van der Waals surface area contributed by atoms with Gasteiger partial charge in [-0.05, 0) is 29.8 Å². The van der Waals surface area contributed by atoms with Crippen LogP contribution in [0.3, 0.4) is 0 Å². The van der Waals surface area contributed by atoms with E-state index in [1.165, 1.54) is 0 Å². The number of carbonyl (C=O) groups excluding carboxylic acids is 1. The predicted molar refractivity (Wildman–Crippen MR) is 81.2 cm³/mol. The molecule has 0 aromatic heterocycles. The molecule has 0 fully saturated rings. The molecule has 0 radical (unpaired) electrons. The van der Waals surface area contributed by atoms with Gasteiger partial charge in [-0.3, -0.25) is 4.79 Å². The smallest absolute Gasteiger partial charge is 0.251 e. The third-order valence-corrected chi connectivity index (χ3v) is 3.41. The molecule has 2 aromatic rings. The molecule has 2 rings (SSSR count). The first-order valence-corrected chi connectivity index (χ1v) is 6.81. The second-order valence-corrected chi connectivity index (χ2v) is 5.37. The molecule has 0 spiro atoms. The third-order valence-electron chi connectivity index (χ3n) is 2.58. The van der Waals surface area contributed by atoms with Crippen molar-refractivity contribution in [2.45, 2.75) is 6.54 Å². The van der Waals surface area contributed by atoms with Gasteiger partial charge in [0.1, 0.15) is 0 Å². The molecule has 0 aliphatic heterocycles. The third kappa shape index (κ3) is 3.72. The second kappa shape index (κ2) is 6.08. The number of nitrogens with two attached hydrogens (primary N) is 1. The summed E-state index contributed by atoms with van der Waals surface area (Å²) in [6.07, 6.45) is 0. The Hall–Kier alpha value is -1.52. The number of amides is 1. The van der Waals surface area contributed by atoms with Gasteiger partial charge in [-0.1, -0.05) is 45.7 Å². The fraction of sp³-hybridized carbons (Fsp3) is 0.0714. The Labute approximate surface area is 124 Å². The highest BCUT2D eigenvalue weighted by Gasteiger charge is 2.08. The molecule has 0 bridgehead atoms. The summed E-state index contributed by atoms with van der Waals surface area (Å²) in [5.74, 6) is -0.187. The lowest BCUT2D eigenvalue weighted by Crippen LogP contribution is -2.23. The molecular weight excluding hydrogens is 328 g/mol. The molecule has 0 heterocycles. The molecular formula is C14H12BrClN2O. The number of hydrogen-bond acceptors (Lipinski definition) is 2. The van der Waals surface area contributed by atoms with Gasteiger partial charge in [0.05, 0.1) is 0 Å². The van der Waals surface area contributed by atoms with Crippen molar-refractivity contribution in [1.82, 2.24) is 5.32 Å². The molecule has 0 aliphatic carbocycles. The molecule has 0 atom stereocenters. The lowest BCUT2D eigenvalue weighted by molar-refractivity contribution is 0.0951. The topological polar surface area (TPSA) is 55.1 Å². The van der Waals surface area contributed by atoms with Crippen molar-refractivity contribution in [2.24, 2.45) is 0 Å². The van der Waals surface area contributed by atoms with Gasteiger partial charge >= 0.3 is 0 Å². The van der Waals surface area contributed by atoms with Crippen molar-refractivity contribution in [2.75, 3.05) is 5.73 Å². The van der Waals surface area contributed by atoms with Gasteiger partial charge in [0.25, 0.3) is 5.91 Å². The number of hydrogen-bond donors (Lipinski definition) is 2. The summed E-state index contributed by atoms with van der Waals surface area (Å²) in [6.45, 7) is 0.380. The zero-order valence-corrected chi connectivity index (χ0v) is 12.3. The minimum absolute atomic E-state index is 0.187. The molecule has 19 heavy (non-hydrogen) atoms. The minimum atomic E-state index is -0.187. The van der Waals surface area contributed by atoms with Crippen molar-refractivity contribution in [1.29, 1.82) is 0 Å². The van der Waals surface area contributed by atoms with Crippen LogP contribution < -0.4 is 11.1 Å². The Balaban J connectivity index is 2.08. The highest BCUT2D eigenvalue weighted by molar-refractivity contribution is 9.10. The van der Waals surface area contributed by atoms with E-state index in [4.69, 9.17) is 17.3 Å². The number of carbonyl (C=O) groups is 1. The van der Waals surface area contributed by atoms with E-state index in [2.05, 4.69) is 21.2 Å². The summed E-state index contributed by atoms with van der Waals surface area (Å²) in [5.41, 5.74) is 7.62. The molecule has 98 valence electrons. The fourth-order valence-corrected chi connectivity index (χ4v) is 2.38.